The Labute approximate surface area is 152 Å². The molecule has 0 aliphatic carbocycles. The van der Waals surface area contributed by atoms with Crippen molar-refractivity contribution in [3.63, 3.8) is 0 Å². The molecule has 26 heavy (non-hydrogen) atoms. The van der Waals surface area contributed by atoms with Crippen LogP contribution in [0, 0.1) is 0 Å². The number of hydrogen-bond acceptors (Lipinski definition) is 5. The number of aromatic carboxylic acids is 1. The average molecular weight is 376 g/mol. The van der Waals surface area contributed by atoms with Crippen molar-refractivity contribution in [2.45, 2.75) is 30.4 Å². The third kappa shape index (κ3) is 4.27. The molecule has 0 radical (unpaired) electrons. The van der Waals surface area contributed by atoms with Gasteiger partial charge in [0, 0.05) is 32.1 Å². The van der Waals surface area contributed by atoms with Crippen LogP contribution < -0.4 is 0 Å². The molecule has 8 heteroatoms. The number of benzene rings is 1. The van der Waals surface area contributed by atoms with Crippen molar-refractivity contribution in [3.8, 4) is 0 Å². The Kier molecular flexibility index (Phi) is 5.65. The molecule has 138 valence electrons. The summed E-state index contributed by atoms with van der Waals surface area (Å²) in [6, 6.07) is 8.81. The fourth-order valence-electron chi connectivity index (χ4n) is 2.88. The number of rotatable bonds is 7. The quantitative estimate of drug-likeness (QED) is 0.795. The van der Waals surface area contributed by atoms with E-state index < -0.39 is 16.0 Å². The molecule has 1 aliphatic heterocycles. The number of hydrogen-bond donors (Lipinski definition) is 1. The second-order valence-electron chi connectivity index (χ2n) is 6.12. The van der Waals surface area contributed by atoms with Crippen molar-refractivity contribution in [2.24, 2.45) is 0 Å². The van der Waals surface area contributed by atoms with Gasteiger partial charge in [0.05, 0.1) is 16.6 Å². The molecule has 0 spiro atoms. The van der Waals surface area contributed by atoms with Crippen molar-refractivity contribution in [3.05, 3.63) is 59.9 Å². The number of carbonyl (C=O) groups is 1. The van der Waals surface area contributed by atoms with Crippen molar-refractivity contribution >= 4 is 16.0 Å². The van der Waals surface area contributed by atoms with Gasteiger partial charge in [-0.3, -0.25) is 4.98 Å². The normalized spacial score (nSPS) is 17.5. The van der Waals surface area contributed by atoms with Crippen molar-refractivity contribution in [1.82, 2.24) is 9.29 Å². The van der Waals surface area contributed by atoms with E-state index in [0.29, 0.717) is 6.61 Å². The molecule has 1 aromatic heterocycles. The lowest BCUT2D eigenvalue weighted by Gasteiger charge is -2.25. The third-order valence-electron chi connectivity index (χ3n) is 4.25. The smallest absolute Gasteiger partial charge is 0.335 e. The molecule has 1 atom stereocenters. The molecule has 2 aromatic rings. The van der Waals surface area contributed by atoms with Crippen molar-refractivity contribution < 1.29 is 23.1 Å². The Bertz CT molecular complexity index is 847. The van der Waals surface area contributed by atoms with Gasteiger partial charge in [-0.15, -0.1) is 0 Å². The van der Waals surface area contributed by atoms with Crippen molar-refractivity contribution in [1.29, 1.82) is 0 Å². The number of ether oxygens (including phenoxy) is 1. The van der Waals surface area contributed by atoms with Crippen LogP contribution in [0.2, 0.25) is 0 Å². The van der Waals surface area contributed by atoms with Crippen LogP contribution in [0.15, 0.2) is 53.7 Å². The zero-order valence-corrected chi connectivity index (χ0v) is 14.9. The summed E-state index contributed by atoms with van der Waals surface area (Å²) < 4.78 is 33.2. The topological polar surface area (TPSA) is 96.8 Å². The monoisotopic (exact) mass is 376 g/mol. The lowest BCUT2D eigenvalue weighted by Crippen LogP contribution is -2.37. The van der Waals surface area contributed by atoms with Crippen LogP contribution in [-0.2, 0) is 21.3 Å². The van der Waals surface area contributed by atoms with Gasteiger partial charge in [0.25, 0.3) is 0 Å². The molecule has 0 saturated carbocycles. The van der Waals surface area contributed by atoms with E-state index in [2.05, 4.69) is 4.98 Å². The van der Waals surface area contributed by atoms with Gasteiger partial charge in [-0.1, -0.05) is 6.07 Å². The van der Waals surface area contributed by atoms with Gasteiger partial charge < -0.3 is 9.84 Å². The zero-order chi connectivity index (χ0) is 18.6. The van der Waals surface area contributed by atoms with Gasteiger partial charge in [-0.2, -0.15) is 4.31 Å². The average Bonchev–Trinajstić information content (AvgIpc) is 3.15. The van der Waals surface area contributed by atoms with Crippen LogP contribution in [0.1, 0.15) is 28.8 Å². The lowest BCUT2D eigenvalue weighted by molar-refractivity contribution is 0.0696. The largest absolute Gasteiger partial charge is 0.478 e. The molecule has 0 amide bonds. The van der Waals surface area contributed by atoms with E-state index in [1.165, 1.54) is 28.6 Å². The standard InChI is InChI=1S/C18H20N2O5S/c21-18(22)15-5-7-17(8-6-15)26(23,24)20(13-16-4-2-10-25-16)12-14-3-1-9-19-11-14/h1,3,5-9,11,16H,2,4,10,12-13H2,(H,21,22)/t16-/m0/s1. The predicted molar refractivity (Wildman–Crippen MR) is 94.2 cm³/mol. The summed E-state index contributed by atoms with van der Waals surface area (Å²) in [5.41, 5.74) is 0.818. The molecule has 0 bridgehead atoms. The second-order valence-corrected chi connectivity index (χ2v) is 8.06. The Balaban J connectivity index is 1.88. The SMILES string of the molecule is O=C(O)c1ccc(S(=O)(=O)N(Cc2cccnc2)C[C@@H]2CCCO2)cc1. The Hall–Kier alpha value is -2.29. The van der Waals surface area contributed by atoms with Crippen LogP contribution in [0.5, 0.6) is 0 Å². The highest BCUT2D eigenvalue weighted by Gasteiger charge is 2.29. The maximum atomic E-state index is 13.1. The number of aromatic nitrogens is 1. The van der Waals surface area contributed by atoms with Crippen molar-refractivity contribution in [2.75, 3.05) is 13.2 Å². The maximum absolute atomic E-state index is 13.1. The number of sulfonamides is 1. The molecule has 1 aliphatic rings. The van der Waals surface area contributed by atoms with E-state index in [9.17, 15) is 13.2 Å². The van der Waals surface area contributed by atoms with Crippen LogP contribution in [0.4, 0.5) is 0 Å². The molecule has 0 unspecified atom stereocenters. The first-order valence-corrected chi connectivity index (χ1v) is 9.75. The fraction of sp³-hybridized carbons (Fsp3) is 0.333. The Morgan fingerprint density at radius 3 is 2.62 bits per heavy atom. The number of pyridine rings is 1. The molecular formula is C18H20N2O5S. The van der Waals surface area contributed by atoms with E-state index in [1.54, 1.807) is 18.5 Å². The number of nitrogens with zero attached hydrogens (tertiary/aromatic N) is 2. The van der Waals surface area contributed by atoms with Gasteiger partial charge >= 0.3 is 5.97 Å². The van der Waals surface area contributed by atoms with E-state index >= 15 is 0 Å². The summed E-state index contributed by atoms with van der Waals surface area (Å²) in [6.45, 7) is 1.06. The summed E-state index contributed by atoms with van der Waals surface area (Å²) >= 11 is 0. The highest BCUT2D eigenvalue weighted by atomic mass is 32.2. The molecule has 1 N–H and O–H groups in total. The second kappa shape index (κ2) is 7.94. The molecule has 1 saturated heterocycles. The zero-order valence-electron chi connectivity index (χ0n) is 14.1. The van der Waals surface area contributed by atoms with Gasteiger partial charge in [-0.25, -0.2) is 13.2 Å². The highest BCUT2D eigenvalue weighted by Crippen LogP contribution is 2.22. The molecule has 1 fully saturated rings. The summed E-state index contributed by atoms with van der Waals surface area (Å²) in [4.78, 5) is 15.1. The third-order valence-corrected chi connectivity index (χ3v) is 6.08. The summed E-state index contributed by atoms with van der Waals surface area (Å²) in [5.74, 6) is -1.10. The van der Waals surface area contributed by atoms with Gasteiger partial charge in [-0.05, 0) is 48.7 Å². The van der Waals surface area contributed by atoms with E-state index in [-0.39, 0.29) is 29.7 Å². The lowest BCUT2D eigenvalue weighted by atomic mass is 10.2. The first-order valence-electron chi connectivity index (χ1n) is 8.31. The minimum absolute atomic E-state index is 0.0434. The fourth-order valence-corrected chi connectivity index (χ4v) is 4.34. The van der Waals surface area contributed by atoms with Gasteiger partial charge in [0.15, 0.2) is 0 Å². The van der Waals surface area contributed by atoms with Crippen LogP contribution >= 0.6 is 0 Å². The molecule has 2 heterocycles. The Morgan fingerprint density at radius 1 is 1.27 bits per heavy atom. The maximum Gasteiger partial charge on any atom is 0.335 e. The molecule has 7 nitrogen and oxygen atoms in total. The van der Waals surface area contributed by atoms with Crippen LogP contribution in [0.3, 0.4) is 0 Å². The van der Waals surface area contributed by atoms with E-state index in [0.717, 1.165) is 18.4 Å². The van der Waals surface area contributed by atoms with E-state index in [1.807, 2.05) is 6.07 Å². The van der Waals surface area contributed by atoms with E-state index in [4.69, 9.17) is 9.84 Å². The van der Waals surface area contributed by atoms with Crippen LogP contribution in [0.25, 0.3) is 0 Å². The molecular weight excluding hydrogens is 356 g/mol. The molecule has 3 rings (SSSR count). The van der Waals surface area contributed by atoms with Gasteiger partial charge in [0.2, 0.25) is 10.0 Å². The van der Waals surface area contributed by atoms with Gasteiger partial charge in [0.1, 0.15) is 0 Å². The first kappa shape index (κ1) is 18.5. The summed E-state index contributed by atoms with van der Waals surface area (Å²) in [5, 5.41) is 8.99. The first-order chi connectivity index (χ1) is 12.5. The number of carboxylic acids is 1. The Morgan fingerprint density at radius 2 is 2.04 bits per heavy atom. The van der Waals surface area contributed by atoms with Crippen LogP contribution in [-0.4, -0.2) is 48.0 Å². The minimum Gasteiger partial charge on any atom is -0.478 e. The minimum atomic E-state index is -3.80. The molecule has 1 aromatic carbocycles. The summed E-state index contributed by atoms with van der Waals surface area (Å²) in [7, 11) is -3.80. The highest BCUT2D eigenvalue weighted by molar-refractivity contribution is 7.89. The predicted octanol–water partition coefficient (Wildman–Crippen LogP) is 2.15. The summed E-state index contributed by atoms with van der Waals surface area (Å²) in [6.07, 6.45) is 4.86. The number of carboxylic acid groups (broad SMARTS) is 1.